The van der Waals surface area contributed by atoms with E-state index in [9.17, 15) is 9.59 Å². The summed E-state index contributed by atoms with van der Waals surface area (Å²) in [5.74, 6) is -1.46. The summed E-state index contributed by atoms with van der Waals surface area (Å²) in [7, 11) is 0. The highest BCUT2D eigenvalue weighted by Crippen LogP contribution is 2.24. The van der Waals surface area contributed by atoms with Crippen LogP contribution in [0.25, 0.3) is 6.08 Å². The summed E-state index contributed by atoms with van der Waals surface area (Å²) in [5, 5.41) is 0. The van der Waals surface area contributed by atoms with Crippen LogP contribution >= 0.6 is 0 Å². The molecule has 3 nitrogen and oxygen atoms in total. The maximum atomic E-state index is 11.3. The molecule has 0 saturated carbocycles. The molecule has 0 radical (unpaired) electrons. The predicted molar refractivity (Wildman–Crippen MR) is 54.7 cm³/mol. The van der Waals surface area contributed by atoms with Crippen molar-refractivity contribution in [2.45, 2.75) is 6.92 Å². The maximum Gasteiger partial charge on any atom is 0.342 e. The molecule has 15 heavy (non-hydrogen) atoms. The van der Waals surface area contributed by atoms with Crippen molar-refractivity contribution in [2.24, 2.45) is 5.92 Å². The molecule has 0 amide bonds. The van der Waals surface area contributed by atoms with Gasteiger partial charge in [0.05, 0.1) is 11.5 Å². The van der Waals surface area contributed by atoms with E-state index < -0.39 is 17.9 Å². The highest BCUT2D eigenvalue weighted by atomic mass is 16.6. The number of carbonyl (C=O) groups excluding carboxylic acids is 2. The smallest absolute Gasteiger partial charge is 0.342 e. The molecule has 1 atom stereocenters. The Morgan fingerprint density at radius 1 is 1.20 bits per heavy atom. The Kier molecular flexibility index (Phi) is 2.37. The Morgan fingerprint density at radius 3 is 2.40 bits per heavy atom. The molecule has 76 valence electrons. The summed E-state index contributed by atoms with van der Waals surface area (Å²) in [6.07, 6.45) is 1.69. The monoisotopic (exact) mass is 202 g/mol. The molecule has 0 aromatic heterocycles. The van der Waals surface area contributed by atoms with Gasteiger partial charge < -0.3 is 4.74 Å². The van der Waals surface area contributed by atoms with Crippen LogP contribution in [0, 0.1) is 5.92 Å². The van der Waals surface area contributed by atoms with Crippen molar-refractivity contribution in [3.8, 4) is 0 Å². The number of esters is 2. The predicted octanol–water partition coefficient (Wildman–Crippen LogP) is 1.79. The first-order chi connectivity index (χ1) is 7.18. The minimum atomic E-state index is -0.531. The van der Waals surface area contributed by atoms with E-state index in [-0.39, 0.29) is 0 Å². The summed E-state index contributed by atoms with van der Waals surface area (Å²) in [6.45, 7) is 1.67. The third-order valence-corrected chi connectivity index (χ3v) is 2.37. The summed E-state index contributed by atoms with van der Waals surface area (Å²) in [4.78, 5) is 22.4. The van der Waals surface area contributed by atoms with Crippen molar-refractivity contribution >= 4 is 18.0 Å². The van der Waals surface area contributed by atoms with Crippen LogP contribution in [0.3, 0.4) is 0 Å². The molecule has 3 heteroatoms. The molecule has 1 heterocycles. The normalized spacial score (nSPS) is 23.3. The lowest BCUT2D eigenvalue weighted by molar-refractivity contribution is -0.152. The molecule has 1 aliphatic rings. The Balaban J connectivity index is 2.35. The number of hydrogen-bond donors (Lipinski definition) is 0. The number of rotatable bonds is 1. The van der Waals surface area contributed by atoms with Gasteiger partial charge in [-0.3, -0.25) is 4.79 Å². The minimum absolute atomic E-state index is 0.422. The second-order valence-corrected chi connectivity index (χ2v) is 3.44. The van der Waals surface area contributed by atoms with Gasteiger partial charge in [-0.1, -0.05) is 30.3 Å². The Labute approximate surface area is 87.4 Å². The van der Waals surface area contributed by atoms with E-state index >= 15 is 0 Å². The lowest BCUT2D eigenvalue weighted by atomic mass is 10.0. The minimum Gasteiger partial charge on any atom is -0.389 e. The number of carbonyl (C=O) groups is 2. The average Bonchev–Trinajstić information content (AvgIpc) is 2.47. The topological polar surface area (TPSA) is 43.4 Å². The standard InChI is InChI=1S/C12H10O3/c1-8-10(12(14)15-11(8)13)7-9-5-3-2-4-6-9/h2-8H,1H3. The summed E-state index contributed by atoms with van der Waals surface area (Å²) in [6, 6.07) is 9.38. The lowest BCUT2D eigenvalue weighted by Crippen LogP contribution is -2.03. The van der Waals surface area contributed by atoms with E-state index in [2.05, 4.69) is 4.74 Å². The molecule has 1 aromatic carbocycles. The second-order valence-electron chi connectivity index (χ2n) is 3.44. The van der Waals surface area contributed by atoms with E-state index in [1.807, 2.05) is 30.3 Å². The van der Waals surface area contributed by atoms with Gasteiger partial charge in [0.25, 0.3) is 0 Å². The molecule has 1 unspecified atom stereocenters. The number of cyclic esters (lactones) is 2. The van der Waals surface area contributed by atoms with Crippen LogP contribution in [0.15, 0.2) is 35.9 Å². The van der Waals surface area contributed by atoms with Crippen LogP contribution < -0.4 is 0 Å². The summed E-state index contributed by atoms with van der Waals surface area (Å²) in [5.41, 5.74) is 1.32. The fourth-order valence-corrected chi connectivity index (χ4v) is 1.46. The molecule has 0 spiro atoms. The van der Waals surface area contributed by atoms with Gasteiger partial charge in [0.1, 0.15) is 0 Å². The molecule has 1 aliphatic heterocycles. The van der Waals surface area contributed by atoms with Crippen molar-refractivity contribution in [1.29, 1.82) is 0 Å². The van der Waals surface area contributed by atoms with Gasteiger partial charge in [-0.25, -0.2) is 4.79 Å². The molecule has 0 aliphatic carbocycles. The highest BCUT2D eigenvalue weighted by molar-refractivity contribution is 6.10. The molecule has 1 saturated heterocycles. The van der Waals surface area contributed by atoms with Crippen LogP contribution in [-0.4, -0.2) is 11.9 Å². The van der Waals surface area contributed by atoms with Gasteiger partial charge in [-0.2, -0.15) is 0 Å². The number of hydrogen-bond acceptors (Lipinski definition) is 3. The Bertz CT molecular complexity index is 431. The Morgan fingerprint density at radius 2 is 1.87 bits per heavy atom. The zero-order valence-corrected chi connectivity index (χ0v) is 8.27. The molecule has 0 bridgehead atoms. The molecule has 1 fully saturated rings. The van der Waals surface area contributed by atoms with Crippen LogP contribution in [0.4, 0.5) is 0 Å². The maximum absolute atomic E-state index is 11.3. The summed E-state index contributed by atoms with van der Waals surface area (Å²) >= 11 is 0. The summed E-state index contributed by atoms with van der Waals surface area (Å²) < 4.78 is 4.51. The largest absolute Gasteiger partial charge is 0.389 e. The third kappa shape index (κ3) is 1.81. The molecule has 1 aromatic rings. The molecule has 0 N–H and O–H groups in total. The van der Waals surface area contributed by atoms with E-state index in [4.69, 9.17) is 0 Å². The van der Waals surface area contributed by atoms with Crippen molar-refractivity contribution in [1.82, 2.24) is 0 Å². The van der Waals surface area contributed by atoms with Crippen LogP contribution in [0.1, 0.15) is 12.5 Å². The number of ether oxygens (including phenoxy) is 1. The third-order valence-electron chi connectivity index (χ3n) is 2.37. The van der Waals surface area contributed by atoms with E-state index in [0.717, 1.165) is 5.56 Å². The van der Waals surface area contributed by atoms with Gasteiger partial charge in [-0.15, -0.1) is 0 Å². The van der Waals surface area contributed by atoms with Crippen molar-refractivity contribution in [3.05, 3.63) is 41.5 Å². The van der Waals surface area contributed by atoms with Crippen molar-refractivity contribution < 1.29 is 14.3 Å². The fraction of sp³-hybridized carbons (Fsp3) is 0.167. The van der Waals surface area contributed by atoms with E-state index in [1.165, 1.54) is 0 Å². The van der Waals surface area contributed by atoms with Gasteiger partial charge in [0.15, 0.2) is 0 Å². The van der Waals surface area contributed by atoms with Gasteiger partial charge in [0.2, 0.25) is 0 Å². The second kappa shape index (κ2) is 3.69. The van der Waals surface area contributed by atoms with E-state index in [0.29, 0.717) is 5.57 Å². The lowest BCUT2D eigenvalue weighted by Gasteiger charge is -1.97. The quantitative estimate of drug-likeness (QED) is 0.396. The van der Waals surface area contributed by atoms with E-state index in [1.54, 1.807) is 13.0 Å². The van der Waals surface area contributed by atoms with Crippen LogP contribution in [0.5, 0.6) is 0 Å². The first kappa shape index (κ1) is 9.65. The molecular weight excluding hydrogens is 192 g/mol. The first-order valence-corrected chi connectivity index (χ1v) is 4.71. The number of benzene rings is 1. The average molecular weight is 202 g/mol. The fourth-order valence-electron chi connectivity index (χ4n) is 1.46. The van der Waals surface area contributed by atoms with Crippen LogP contribution in [0.2, 0.25) is 0 Å². The zero-order valence-electron chi connectivity index (χ0n) is 8.27. The SMILES string of the molecule is CC1C(=O)OC(=O)C1=Cc1ccccc1. The Hall–Kier alpha value is -1.90. The molecule has 2 rings (SSSR count). The van der Waals surface area contributed by atoms with Gasteiger partial charge in [-0.05, 0) is 18.6 Å². The van der Waals surface area contributed by atoms with Gasteiger partial charge in [0, 0.05) is 0 Å². The van der Waals surface area contributed by atoms with Crippen molar-refractivity contribution in [2.75, 3.05) is 0 Å². The first-order valence-electron chi connectivity index (χ1n) is 4.71. The highest BCUT2D eigenvalue weighted by Gasteiger charge is 2.35. The molecular formula is C12H10O3. The van der Waals surface area contributed by atoms with Gasteiger partial charge >= 0.3 is 11.9 Å². The van der Waals surface area contributed by atoms with Crippen molar-refractivity contribution in [3.63, 3.8) is 0 Å². The zero-order chi connectivity index (χ0) is 10.8. The van der Waals surface area contributed by atoms with Crippen LogP contribution in [-0.2, 0) is 14.3 Å².